The molecule has 34 heavy (non-hydrogen) atoms. The van der Waals surface area contributed by atoms with Gasteiger partial charge in [0.1, 0.15) is 5.75 Å². The normalized spacial score (nSPS) is 17.2. The zero-order chi connectivity index (χ0) is 23.8. The molecule has 2 N–H and O–H groups in total. The maximum Gasteiger partial charge on any atom is 0.248 e. The van der Waals surface area contributed by atoms with Gasteiger partial charge in [0, 0.05) is 62.1 Å². The molecule has 0 radical (unpaired) electrons. The Hall–Kier alpha value is -3.32. The smallest absolute Gasteiger partial charge is 0.248 e. The molecular formula is C27H32N4O3. The van der Waals surface area contributed by atoms with Crippen LogP contribution in [0.1, 0.15) is 46.8 Å². The number of carbonyl (C=O) groups is 2. The Bertz CT molecular complexity index is 1240. The van der Waals surface area contributed by atoms with Crippen molar-refractivity contribution in [3.05, 3.63) is 59.3 Å². The SMILES string of the molecule is COc1cc2c(cc1CCN1CCC(n3ccc4ccc(C(N)=O)cc43)CC1)N(C)C(=O)CC2. The summed E-state index contributed by atoms with van der Waals surface area (Å²) in [5.74, 6) is 0.698. The molecule has 0 atom stereocenters. The van der Waals surface area contributed by atoms with Crippen LogP contribution < -0.4 is 15.4 Å². The number of carbonyl (C=O) groups excluding carboxylic acids is 2. The predicted molar refractivity (Wildman–Crippen MR) is 134 cm³/mol. The maximum atomic E-state index is 12.2. The first-order valence-corrected chi connectivity index (χ1v) is 12.0. The molecule has 3 heterocycles. The summed E-state index contributed by atoms with van der Waals surface area (Å²) >= 11 is 0. The number of amides is 2. The van der Waals surface area contributed by atoms with E-state index in [1.54, 1.807) is 18.1 Å². The Kier molecular flexibility index (Phi) is 6.04. The van der Waals surface area contributed by atoms with E-state index in [2.05, 4.69) is 33.9 Å². The van der Waals surface area contributed by atoms with Crippen LogP contribution in [0.5, 0.6) is 5.75 Å². The third-order valence-corrected chi connectivity index (χ3v) is 7.48. The predicted octanol–water partition coefficient (Wildman–Crippen LogP) is 3.54. The summed E-state index contributed by atoms with van der Waals surface area (Å²) in [6, 6.07) is 12.4. The van der Waals surface area contributed by atoms with Crippen molar-refractivity contribution in [2.75, 3.05) is 38.7 Å². The Morgan fingerprint density at radius 2 is 1.91 bits per heavy atom. The van der Waals surface area contributed by atoms with Crippen molar-refractivity contribution >= 4 is 28.4 Å². The van der Waals surface area contributed by atoms with E-state index in [9.17, 15) is 9.59 Å². The number of nitrogens with zero attached hydrogens (tertiary/aromatic N) is 3. The maximum absolute atomic E-state index is 12.2. The lowest BCUT2D eigenvalue weighted by Gasteiger charge is -2.33. The first-order chi connectivity index (χ1) is 16.4. The van der Waals surface area contributed by atoms with Crippen molar-refractivity contribution in [2.24, 2.45) is 5.73 Å². The molecule has 5 rings (SSSR count). The average Bonchev–Trinajstić information content (AvgIpc) is 3.28. The van der Waals surface area contributed by atoms with Crippen LogP contribution in [0.3, 0.4) is 0 Å². The van der Waals surface area contributed by atoms with E-state index in [4.69, 9.17) is 10.5 Å². The number of nitrogens with two attached hydrogens (primary N) is 1. The lowest BCUT2D eigenvalue weighted by atomic mass is 9.97. The molecule has 0 unspecified atom stereocenters. The monoisotopic (exact) mass is 460 g/mol. The fourth-order valence-electron chi connectivity index (χ4n) is 5.42. The zero-order valence-electron chi connectivity index (χ0n) is 19.9. The molecule has 1 fully saturated rings. The molecule has 2 aliphatic heterocycles. The van der Waals surface area contributed by atoms with Gasteiger partial charge in [0.15, 0.2) is 0 Å². The Morgan fingerprint density at radius 3 is 2.65 bits per heavy atom. The van der Waals surface area contributed by atoms with Gasteiger partial charge in [0.2, 0.25) is 11.8 Å². The molecule has 1 saturated heterocycles. The van der Waals surface area contributed by atoms with Gasteiger partial charge in [0.25, 0.3) is 0 Å². The molecule has 7 nitrogen and oxygen atoms in total. The minimum Gasteiger partial charge on any atom is -0.496 e. The zero-order valence-corrected chi connectivity index (χ0v) is 19.9. The number of fused-ring (bicyclic) bond motifs is 2. The van der Waals surface area contributed by atoms with Crippen molar-refractivity contribution in [2.45, 2.75) is 38.1 Å². The van der Waals surface area contributed by atoms with Crippen LogP contribution in [0.4, 0.5) is 5.69 Å². The molecule has 2 aromatic carbocycles. The number of methoxy groups -OCH3 is 1. The number of hydrogen-bond acceptors (Lipinski definition) is 4. The fourth-order valence-corrected chi connectivity index (χ4v) is 5.42. The first kappa shape index (κ1) is 22.5. The number of ether oxygens (including phenoxy) is 1. The number of benzene rings is 2. The quantitative estimate of drug-likeness (QED) is 0.610. The van der Waals surface area contributed by atoms with Crippen LogP contribution in [-0.4, -0.2) is 55.1 Å². The minimum atomic E-state index is -0.391. The van der Waals surface area contributed by atoms with Crippen LogP contribution in [-0.2, 0) is 17.6 Å². The summed E-state index contributed by atoms with van der Waals surface area (Å²) in [6.07, 6.45) is 6.47. The van der Waals surface area contributed by atoms with Gasteiger partial charge in [-0.2, -0.15) is 0 Å². The molecule has 0 saturated carbocycles. The number of rotatable bonds is 6. The van der Waals surface area contributed by atoms with E-state index in [0.717, 1.165) is 73.2 Å². The van der Waals surface area contributed by atoms with E-state index in [1.165, 1.54) is 5.56 Å². The van der Waals surface area contributed by atoms with Crippen LogP contribution in [0.15, 0.2) is 42.6 Å². The second kappa shape index (κ2) is 9.14. The summed E-state index contributed by atoms with van der Waals surface area (Å²) in [5.41, 5.74) is 10.5. The van der Waals surface area contributed by atoms with E-state index in [1.807, 2.05) is 19.2 Å². The van der Waals surface area contributed by atoms with Gasteiger partial charge in [-0.1, -0.05) is 6.07 Å². The molecule has 2 aliphatic rings. The summed E-state index contributed by atoms with van der Waals surface area (Å²) in [4.78, 5) is 28.1. The van der Waals surface area contributed by atoms with Crippen LogP contribution in [0.2, 0.25) is 0 Å². The second-order valence-electron chi connectivity index (χ2n) is 9.43. The molecule has 178 valence electrons. The van der Waals surface area contributed by atoms with Crippen molar-refractivity contribution in [1.29, 1.82) is 0 Å². The molecule has 0 bridgehead atoms. The third-order valence-electron chi connectivity index (χ3n) is 7.48. The highest BCUT2D eigenvalue weighted by molar-refractivity contribution is 5.97. The summed E-state index contributed by atoms with van der Waals surface area (Å²) in [6.45, 7) is 2.99. The molecular weight excluding hydrogens is 428 g/mol. The van der Waals surface area contributed by atoms with Crippen molar-refractivity contribution in [1.82, 2.24) is 9.47 Å². The second-order valence-corrected chi connectivity index (χ2v) is 9.43. The lowest BCUT2D eigenvalue weighted by Crippen LogP contribution is -2.36. The van der Waals surface area contributed by atoms with Gasteiger partial charge in [-0.05, 0) is 72.5 Å². The van der Waals surface area contributed by atoms with Crippen molar-refractivity contribution in [3.8, 4) is 5.75 Å². The van der Waals surface area contributed by atoms with Crippen molar-refractivity contribution in [3.63, 3.8) is 0 Å². The van der Waals surface area contributed by atoms with E-state index >= 15 is 0 Å². The number of anilines is 1. The van der Waals surface area contributed by atoms with Gasteiger partial charge >= 0.3 is 0 Å². The summed E-state index contributed by atoms with van der Waals surface area (Å²) in [7, 11) is 3.58. The number of primary amides is 1. The summed E-state index contributed by atoms with van der Waals surface area (Å²) in [5, 5.41) is 1.13. The highest BCUT2D eigenvalue weighted by Gasteiger charge is 2.25. The van der Waals surface area contributed by atoms with Gasteiger partial charge in [-0.3, -0.25) is 9.59 Å². The standard InChI is InChI=1S/C27H32N4O3/c1-29-23-15-20(25(34-2)17-19(23)5-6-26(29)32)7-11-30-12-9-22(10-13-30)31-14-8-18-3-4-21(27(28)33)16-24(18)31/h3-4,8,14-17,22H,5-7,9-13H2,1-2H3,(H2,28,33). The molecule has 0 spiro atoms. The lowest BCUT2D eigenvalue weighted by molar-refractivity contribution is -0.118. The number of piperidine rings is 1. The highest BCUT2D eigenvalue weighted by Crippen LogP contribution is 2.34. The van der Waals surface area contributed by atoms with Crippen LogP contribution in [0, 0.1) is 0 Å². The Balaban J connectivity index is 1.25. The van der Waals surface area contributed by atoms with Gasteiger partial charge in [-0.25, -0.2) is 0 Å². The average molecular weight is 461 g/mol. The van der Waals surface area contributed by atoms with Gasteiger partial charge in [-0.15, -0.1) is 0 Å². The molecule has 7 heteroatoms. The Morgan fingerprint density at radius 1 is 1.12 bits per heavy atom. The number of hydrogen-bond donors (Lipinski definition) is 1. The number of aryl methyl sites for hydroxylation is 1. The Labute approximate surface area is 200 Å². The number of likely N-dealkylation sites (tertiary alicyclic amines) is 1. The first-order valence-electron chi connectivity index (χ1n) is 12.0. The third kappa shape index (κ3) is 4.16. The van der Waals surface area contributed by atoms with E-state index < -0.39 is 5.91 Å². The van der Waals surface area contributed by atoms with Gasteiger partial charge < -0.3 is 24.8 Å². The number of aromatic nitrogens is 1. The van der Waals surface area contributed by atoms with E-state index in [0.29, 0.717) is 18.0 Å². The molecule has 0 aliphatic carbocycles. The van der Waals surface area contributed by atoms with E-state index in [-0.39, 0.29) is 5.91 Å². The fraction of sp³-hybridized carbons (Fsp3) is 0.407. The molecule has 1 aromatic heterocycles. The van der Waals surface area contributed by atoms with Crippen molar-refractivity contribution < 1.29 is 14.3 Å². The summed E-state index contributed by atoms with van der Waals surface area (Å²) < 4.78 is 7.99. The largest absolute Gasteiger partial charge is 0.496 e. The van der Waals surface area contributed by atoms with Crippen LogP contribution in [0.25, 0.3) is 10.9 Å². The highest BCUT2D eigenvalue weighted by atomic mass is 16.5. The minimum absolute atomic E-state index is 0.172. The molecule has 3 aromatic rings. The van der Waals surface area contributed by atoms with Gasteiger partial charge in [0.05, 0.1) is 7.11 Å². The van der Waals surface area contributed by atoms with Crippen LogP contribution >= 0.6 is 0 Å². The topological polar surface area (TPSA) is 80.8 Å². The molecule has 2 amide bonds.